The summed E-state index contributed by atoms with van der Waals surface area (Å²) < 4.78 is 5.27. The quantitative estimate of drug-likeness (QED) is 0.865. The monoisotopic (exact) mass is 340 g/mol. The number of esters is 1. The summed E-state index contributed by atoms with van der Waals surface area (Å²) in [5.74, 6) is -0.560. The summed E-state index contributed by atoms with van der Waals surface area (Å²) in [5.41, 5.74) is 1.19. The van der Waals surface area contributed by atoms with Crippen molar-refractivity contribution in [3.63, 3.8) is 0 Å². The van der Waals surface area contributed by atoms with Crippen LogP contribution in [0.25, 0.3) is 10.9 Å². The van der Waals surface area contributed by atoms with E-state index in [1.807, 2.05) is 31.2 Å². The lowest BCUT2D eigenvalue weighted by Crippen LogP contribution is -2.56. The van der Waals surface area contributed by atoms with Crippen LogP contribution in [0.2, 0.25) is 0 Å². The topological polar surface area (TPSA) is 68.3 Å². The molecule has 132 valence electrons. The number of carbonyl (C=O) groups excluding carboxylic acids is 2. The molecule has 5 heteroatoms. The zero-order valence-corrected chi connectivity index (χ0v) is 14.8. The van der Waals surface area contributed by atoms with Crippen LogP contribution in [-0.2, 0) is 9.53 Å². The normalized spacial score (nSPS) is 16.4. The van der Waals surface area contributed by atoms with Crippen LogP contribution < -0.4 is 5.32 Å². The van der Waals surface area contributed by atoms with Crippen molar-refractivity contribution >= 4 is 22.8 Å². The molecule has 0 unspecified atom stereocenters. The summed E-state index contributed by atoms with van der Waals surface area (Å²) in [6.45, 7) is 3.97. The molecular weight excluding hydrogens is 316 g/mol. The number of pyridine rings is 1. The molecule has 1 aliphatic rings. The number of aromatic nitrogens is 1. The molecular formula is C20H24N2O3. The zero-order valence-electron chi connectivity index (χ0n) is 14.8. The molecule has 0 aliphatic heterocycles. The molecule has 1 heterocycles. The van der Waals surface area contributed by atoms with Crippen molar-refractivity contribution in [1.29, 1.82) is 0 Å². The van der Waals surface area contributed by atoms with Gasteiger partial charge in [0.25, 0.3) is 5.91 Å². The highest BCUT2D eigenvalue weighted by molar-refractivity contribution is 6.07. The van der Waals surface area contributed by atoms with E-state index in [1.165, 1.54) is 0 Å². The summed E-state index contributed by atoms with van der Waals surface area (Å²) in [4.78, 5) is 30.1. The summed E-state index contributed by atoms with van der Waals surface area (Å²) in [6, 6.07) is 9.34. The van der Waals surface area contributed by atoms with Crippen LogP contribution in [0.4, 0.5) is 0 Å². The Labute approximate surface area is 147 Å². The van der Waals surface area contributed by atoms with E-state index in [-0.39, 0.29) is 11.9 Å². The van der Waals surface area contributed by atoms with E-state index in [9.17, 15) is 9.59 Å². The Morgan fingerprint density at radius 1 is 1.20 bits per heavy atom. The van der Waals surface area contributed by atoms with Gasteiger partial charge in [-0.3, -0.25) is 9.78 Å². The Bertz CT molecular complexity index is 795. The number of ether oxygens (including phenoxy) is 1. The molecule has 0 saturated heterocycles. The van der Waals surface area contributed by atoms with Crippen LogP contribution in [0.3, 0.4) is 0 Å². The lowest BCUT2D eigenvalue weighted by Gasteiger charge is -2.35. The molecule has 5 nitrogen and oxygen atoms in total. The number of hydrogen-bond acceptors (Lipinski definition) is 4. The predicted octanol–water partition coefficient (Wildman–Crippen LogP) is 3.54. The Morgan fingerprint density at radius 3 is 2.64 bits per heavy atom. The number of nitrogens with zero attached hydrogens (tertiary/aromatic N) is 1. The number of fused-ring (bicyclic) bond motifs is 1. The van der Waals surface area contributed by atoms with Gasteiger partial charge in [0.15, 0.2) is 0 Å². The standard InChI is InChI=1S/C20H24N2O3/c1-3-25-19(24)20(11-7-4-8-12-20)22-18(23)16-13-14(2)21-17-10-6-5-9-15(16)17/h5-6,9-10,13H,3-4,7-8,11-12H2,1-2H3,(H,22,23). The molecule has 0 spiro atoms. The molecule has 0 atom stereocenters. The van der Waals surface area contributed by atoms with Gasteiger partial charge in [0, 0.05) is 11.1 Å². The van der Waals surface area contributed by atoms with E-state index in [0.29, 0.717) is 25.0 Å². The number of amides is 1. The predicted molar refractivity (Wildman–Crippen MR) is 96.4 cm³/mol. The number of rotatable bonds is 4. The van der Waals surface area contributed by atoms with Crippen molar-refractivity contribution in [3.8, 4) is 0 Å². The summed E-state index contributed by atoms with van der Waals surface area (Å²) >= 11 is 0. The summed E-state index contributed by atoms with van der Waals surface area (Å²) in [7, 11) is 0. The van der Waals surface area contributed by atoms with Crippen molar-refractivity contribution in [2.24, 2.45) is 0 Å². The number of benzene rings is 1. The van der Waals surface area contributed by atoms with Gasteiger partial charge in [0.05, 0.1) is 17.7 Å². The van der Waals surface area contributed by atoms with Crippen LogP contribution >= 0.6 is 0 Å². The van der Waals surface area contributed by atoms with Gasteiger partial charge in [-0.15, -0.1) is 0 Å². The second kappa shape index (κ2) is 7.21. The van der Waals surface area contributed by atoms with E-state index >= 15 is 0 Å². The third-order valence-electron chi connectivity index (χ3n) is 4.81. The first-order valence-electron chi connectivity index (χ1n) is 8.92. The van der Waals surface area contributed by atoms with Crippen molar-refractivity contribution in [2.45, 2.75) is 51.5 Å². The molecule has 3 rings (SSSR count). The fourth-order valence-electron chi connectivity index (χ4n) is 3.59. The van der Waals surface area contributed by atoms with Gasteiger partial charge >= 0.3 is 5.97 Å². The van der Waals surface area contributed by atoms with Crippen molar-refractivity contribution in [3.05, 3.63) is 41.6 Å². The largest absolute Gasteiger partial charge is 0.464 e. The Morgan fingerprint density at radius 2 is 1.92 bits per heavy atom. The first kappa shape index (κ1) is 17.4. The summed E-state index contributed by atoms with van der Waals surface area (Å²) in [6.07, 6.45) is 4.15. The van der Waals surface area contributed by atoms with Crippen LogP contribution in [0.5, 0.6) is 0 Å². The van der Waals surface area contributed by atoms with Crippen molar-refractivity contribution < 1.29 is 14.3 Å². The molecule has 1 aliphatic carbocycles. The van der Waals surface area contributed by atoms with Crippen LogP contribution in [0.1, 0.15) is 55.1 Å². The Kier molecular flexibility index (Phi) is 5.02. The smallest absolute Gasteiger partial charge is 0.331 e. The van der Waals surface area contributed by atoms with Crippen molar-refractivity contribution in [1.82, 2.24) is 10.3 Å². The molecule has 1 saturated carbocycles. The Hall–Kier alpha value is -2.43. The maximum atomic E-state index is 13.0. The Balaban J connectivity index is 1.96. The van der Waals surface area contributed by atoms with Crippen molar-refractivity contribution in [2.75, 3.05) is 6.61 Å². The highest BCUT2D eigenvalue weighted by Crippen LogP contribution is 2.30. The fraction of sp³-hybridized carbons (Fsp3) is 0.450. The minimum Gasteiger partial charge on any atom is -0.464 e. The average Bonchev–Trinajstić information content (AvgIpc) is 2.62. The second-order valence-corrected chi connectivity index (χ2v) is 6.65. The van der Waals surface area contributed by atoms with Crippen LogP contribution in [0.15, 0.2) is 30.3 Å². The minimum absolute atomic E-state index is 0.239. The number of hydrogen-bond donors (Lipinski definition) is 1. The molecule has 2 aromatic rings. The van der Waals surface area contributed by atoms with Gasteiger partial charge in [-0.1, -0.05) is 37.5 Å². The number of nitrogens with one attached hydrogen (secondary N) is 1. The van der Waals surface area contributed by atoms with Gasteiger partial charge in [0.2, 0.25) is 0 Å². The highest BCUT2D eigenvalue weighted by Gasteiger charge is 2.42. The van der Waals surface area contributed by atoms with Gasteiger partial charge in [0.1, 0.15) is 5.54 Å². The second-order valence-electron chi connectivity index (χ2n) is 6.65. The fourth-order valence-corrected chi connectivity index (χ4v) is 3.59. The molecule has 25 heavy (non-hydrogen) atoms. The molecule has 1 amide bonds. The minimum atomic E-state index is -0.913. The number of carbonyl (C=O) groups is 2. The molecule has 1 N–H and O–H groups in total. The van der Waals surface area contributed by atoms with Gasteiger partial charge in [-0.2, -0.15) is 0 Å². The van der Waals surface area contributed by atoms with E-state index in [2.05, 4.69) is 10.3 Å². The molecule has 0 bridgehead atoms. The zero-order chi connectivity index (χ0) is 17.9. The summed E-state index contributed by atoms with van der Waals surface area (Å²) in [5, 5.41) is 3.80. The van der Waals surface area contributed by atoms with Crippen LogP contribution in [0, 0.1) is 6.92 Å². The average molecular weight is 340 g/mol. The first-order valence-corrected chi connectivity index (χ1v) is 8.92. The number of aryl methyl sites for hydroxylation is 1. The van der Waals surface area contributed by atoms with Gasteiger partial charge in [-0.05, 0) is 38.8 Å². The van der Waals surface area contributed by atoms with E-state index in [1.54, 1.807) is 13.0 Å². The SMILES string of the molecule is CCOC(=O)C1(NC(=O)c2cc(C)nc3ccccc23)CCCCC1. The van der Waals surface area contributed by atoms with Gasteiger partial charge < -0.3 is 10.1 Å². The lowest BCUT2D eigenvalue weighted by atomic mass is 9.81. The third-order valence-corrected chi connectivity index (χ3v) is 4.81. The number of para-hydroxylation sites is 1. The first-order chi connectivity index (χ1) is 12.1. The maximum Gasteiger partial charge on any atom is 0.331 e. The van der Waals surface area contributed by atoms with E-state index in [0.717, 1.165) is 35.9 Å². The highest BCUT2D eigenvalue weighted by atomic mass is 16.5. The van der Waals surface area contributed by atoms with E-state index in [4.69, 9.17) is 4.74 Å². The molecule has 1 aromatic heterocycles. The van der Waals surface area contributed by atoms with E-state index < -0.39 is 5.54 Å². The third kappa shape index (κ3) is 3.50. The molecule has 1 fully saturated rings. The van der Waals surface area contributed by atoms with Crippen LogP contribution in [-0.4, -0.2) is 29.0 Å². The lowest BCUT2D eigenvalue weighted by molar-refractivity contribution is -0.152. The maximum absolute atomic E-state index is 13.0. The molecule has 1 aromatic carbocycles. The molecule has 0 radical (unpaired) electrons. The van der Waals surface area contributed by atoms with Gasteiger partial charge in [-0.25, -0.2) is 4.79 Å².